The van der Waals surface area contributed by atoms with E-state index >= 15 is 0 Å². The molecule has 3 aliphatic rings. The van der Waals surface area contributed by atoms with Crippen LogP contribution in [0.5, 0.6) is 0 Å². The predicted octanol–water partition coefficient (Wildman–Crippen LogP) is 12.8. The van der Waals surface area contributed by atoms with Crippen LogP contribution in [0.1, 0.15) is 184 Å². The van der Waals surface area contributed by atoms with E-state index in [1.54, 1.807) is 19.3 Å². The first-order valence-corrected chi connectivity index (χ1v) is 21.9. The molecule has 0 aromatic rings. The molecular formula is C44H86N2. The molecule has 3 saturated carbocycles. The van der Waals surface area contributed by atoms with E-state index < -0.39 is 0 Å². The van der Waals surface area contributed by atoms with Crippen molar-refractivity contribution in [3.63, 3.8) is 0 Å². The molecule has 272 valence electrons. The first-order valence-electron chi connectivity index (χ1n) is 21.9. The number of fused-ring (bicyclic) bond motifs is 5. The summed E-state index contributed by atoms with van der Waals surface area (Å²) in [5.74, 6) is 9.78. The first-order chi connectivity index (χ1) is 22.4. The lowest BCUT2D eigenvalue weighted by atomic mass is 9.72. The van der Waals surface area contributed by atoms with Gasteiger partial charge >= 0.3 is 0 Å². The molecule has 3 rings (SSSR count). The van der Waals surface area contributed by atoms with Crippen LogP contribution in [0.3, 0.4) is 0 Å². The zero-order valence-electron chi connectivity index (χ0n) is 33.1. The van der Waals surface area contributed by atoms with Crippen LogP contribution in [-0.2, 0) is 0 Å². The van der Waals surface area contributed by atoms with Gasteiger partial charge in [0.05, 0.1) is 0 Å². The highest BCUT2D eigenvalue weighted by atomic mass is 15.1. The summed E-state index contributed by atoms with van der Waals surface area (Å²) in [4.78, 5) is 6.12. The van der Waals surface area contributed by atoms with Crippen LogP contribution in [0.2, 0.25) is 0 Å². The fourth-order valence-electron chi connectivity index (χ4n) is 11.0. The Hall–Kier alpha value is -0.0800. The molecule has 10 atom stereocenters. The van der Waals surface area contributed by atoms with Crippen molar-refractivity contribution >= 4 is 0 Å². The van der Waals surface area contributed by atoms with Crippen molar-refractivity contribution in [3.8, 4) is 0 Å². The van der Waals surface area contributed by atoms with E-state index in [2.05, 4.69) is 65.2 Å². The van der Waals surface area contributed by atoms with Gasteiger partial charge in [-0.05, 0) is 111 Å². The summed E-state index contributed by atoms with van der Waals surface area (Å²) in [5.41, 5.74) is 0. The maximum absolute atomic E-state index is 3.06. The minimum atomic E-state index is 0.903. The minimum Gasteiger partial charge on any atom is -0.303 e. The van der Waals surface area contributed by atoms with Gasteiger partial charge in [0.15, 0.2) is 0 Å². The highest BCUT2D eigenvalue weighted by Crippen LogP contribution is 2.63. The van der Waals surface area contributed by atoms with Crippen LogP contribution >= 0.6 is 0 Å². The van der Waals surface area contributed by atoms with Gasteiger partial charge in [-0.3, -0.25) is 0 Å². The van der Waals surface area contributed by atoms with E-state index in [1.807, 2.05) is 0 Å². The molecule has 2 nitrogen and oxygen atoms in total. The molecule has 0 aliphatic heterocycles. The van der Waals surface area contributed by atoms with Gasteiger partial charge in [0.25, 0.3) is 0 Å². The van der Waals surface area contributed by atoms with Gasteiger partial charge in [-0.1, -0.05) is 132 Å². The Morgan fingerprint density at radius 3 is 1.22 bits per heavy atom. The summed E-state index contributed by atoms with van der Waals surface area (Å²) in [6.45, 7) is 27.8. The Kier molecular flexibility index (Phi) is 19.8. The Morgan fingerprint density at radius 2 is 0.848 bits per heavy atom. The minimum absolute atomic E-state index is 0.903. The summed E-state index contributed by atoms with van der Waals surface area (Å²) in [6.07, 6.45) is 28.6. The van der Waals surface area contributed by atoms with Crippen LogP contribution < -0.4 is 0 Å². The predicted molar refractivity (Wildman–Crippen MR) is 206 cm³/mol. The van der Waals surface area contributed by atoms with Crippen molar-refractivity contribution in [2.75, 3.05) is 39.3 Å². The van der Waals surface area contributed by atoms with E-state index in [0.717, 1.165) is 59.2 Å². The molecule has 0 aromatic heterocycles. The fourth-order valence-corrected chi connectivity index (χ4v) is 11.0. The van der Waals surface area contributed by atoms with Crippen molar-refractivity contribution in [1.29, 1.82) is 0 Å². The van der Waals surface area contributed by atoms with E-state index in [9.17, 15) is 0 Å². The van der Waals surface area contributed by atoms with Gasteiger partial charge < -0.3 is 9.80 Å². The lowest BCUT2D eigenvalue weighted by Gasteiger charge is -2.40. The summed E-state index contributed by atoms with van der Waals surface area (Å²) < 4.78 is 0. The summed E-state index contributed by atoms with van der Waals surface area (Å²) >= 11 is 0. The summed E-state index contributed by atoms with van der Waals surface area (Å²) in [5, 5.41) is 0. The van der Waals surface area contributed by atoms with Crippen LogP contribution in [-0.4, -0.2) is 49.1 Å². The van der Waals surface area contributed by atoms with Gasteiger partial charge in [-0.25, -0.2) is 0 Å². The normalized spacial score (nSPS) is 28.3. The van der Waals surface area contributed by atoms with E-state index in [1.165, 1.54) is 148 Å². The molecule has 0 N–H and O–H groups in total. The van der Waals surface area contributed by atoms with E-state index in [-0.39, 0.29) is 0 Å². The lowest BCUT2D eigenvalue weighted by Crippen LogP contribution is -2.43. The second-order valence-electron chi connectivity index (χ2n) is 17.3. The maximum atomic E-state index is 3.06. The Bertz CT molecular complexity index is 714. The smallest absolute Gasteiger partial charge is 0.00127 e. The Morgan fingerprint density at radius 1 is 0.457 bits per heavy atom. The monoisotopic (exact) mass is 643 g/mol. The molecule has 0 spiro atoms. The third-order valence-corrected chi connectivity index (χ3v) is 14.0. The number of hydrogen-bond donors (Lipinski definition) is 0. The van der Waals surface area contributed by atoms with Crippen molar-refractivity contribution < 1.29 is 0 Å². The molecular weight excluding hydrogens is 556 g/mol. The third kappa shape index (κ3) is 12.4. The number of unbranched alkanes of at least 4 members (excludes halogenated alkanes) is 4. The maximum Gasteiger partial charge on any atom is 0.00127 e. The van der Waals surface area contributed by atoms with E-state index in [4.69, 9.17) is 0 Å². The molecule has 3 aliphatic carbocycles. The SMILES string of the molecule is CCCCC(CC)CN(CC(CC)CCCC)CC1CC2CC1C1C(CN(CC(CC)CCCC)CC(CC)CCCC)CCC21. The summed E-state index contributed by atoms with van der Waals surface area (Å²) in [6, 6.07) is 0. The quantitative estimate of drug-likeness (QED) is 0.0838. The Labute approximate surface area is 291 Å². The zero-order chi connectivity index (χ0) is 33.3. The first kappa shape index (κ1) is 40.4. The van der Waals surface area contributed by atoms with Crippen LogP contribution in [0.25, 0.3) is 0 Å². The van der Waals surface area contributed by atoms with Crippen LogP contribution in [0.15, 0.2) is 0 Å². The topological polar surface area (TPSA) is 6.48 Å². The number of rotatable bonds is 28. The highest BCUT2D eigenvalue weighted by Gasteiger charge is 2.57. The molecule has 2 heteroatoms. The molecule has 0 heterocycles. The van der Waals surface area contributed by atoms with Gasteiger partial charge in [0.2, 0.25) is 0 Å². The van der Waals surface area contributed by atoms with Crippen molar-refractivity contribution in [1.82, 2.24) is 9.80 Å². The van der Waals surface area contributed by atoms with E-state index in [0.29, 0.717) is 0 Å². The fraction of sp³-hybridized carbons (Fsp3) is 1.00. The highest BCUT2D eigenvalue weighted by molar-refractivity contribution is 5.06. The van der Waals surface area contributed by atoms with Crippen molar-refractivity contribution in [2.45, 2.75) is 184 Å². The van der Waals surface area contributed by atoms with Crippen LogP contribution in [0.4, 0.5) is 0 Å². The molecule has 0 saturated heterocycles. The summed E-state index contributed by atoms with van der Waals surface area (Å²) in [7, 11) is 0. The second kappa shape index (κ2) is 22.6. The average molecular weight is 643 g/mol. The number of nitrogens with zero attached hydrogens (tertiary/aromatic N) is 2. The molecule has 46 heavy (non-hydrogen) atoms. The molecule has 2 bridgehead atoms. The largest absolute Gasteiger partial charge is 0.303 e. The molecule has 3 fully saturated rings. The third-order valence-electron chi connectivity index (χ3n) is 14.0. The molecule has 10 unspecified atom stereocenters. The van der Waals surface area contributed by atoms with Crippen molar-refractivity contribution in [2.24, 2.45) is 59.2 Å². The second-order valence-corrected chi connectivity index (χ2v) is 17.3. The molecule has 0 amide bonds. The zero-order valence-corrected chi connectivity index (χ0v) is 33.1. The van der Waals surface area contributed by atoms with Gasteiger partial charge in [0, 0.05) is 39.3 Å². The number of hydrogen-bond acceptors (Lipinski definition) is 2. The van der Waals surface area contributed by atoms with Gasteiger partial charge in [-0.2, -0.15) is 0 Å². The Balaban J connectivity index is 1.72. The lowest BCUT2D eigenvalue weighted by molar-refractivity contribution is 0.0753. The van der Waals surface area contributed by atoms with Crippen molar-refractivity contribution in [3.05, 3.63) is 0 Å². The average Bonchev–Trinajstić information content (AvgIpc) is 3.78. The van der Waals surface area contributed by atoms with Gasteiger partial charge in [0.1, 0.15) is 0 Å². The van der Waals surface area contributed by atoms with Crippen LogP contribution in [0, 0.1) is 59.2 Å². The standard InChI is InChI=1S/C44H86N2/c1-9-17-21-35(13-5)29-45(30-36(14-6)22-18-10-2)33-39-25-26-42-40-27-41(43(28-40)44(39)42)34-46(31-37(15-7)23-19-11-3)32-38(16-8)24-20-12-4/h35-44H,9-34H2,1-8H3. The molecule has 0 aromatic carbocycles. The molecule has 0 radical (unpaired) electrons. The van der Waals surface area contributed by atoms with Gasteiger partial charge in [-0.15, -0.1) is 0 Å².